The Labute approximate surface area is 185 Å². The Kier molecular flexibility index (Phi) is 6.82. The van der Waals surface area contributed by atoms with Crippen LogP contribution in [0.15, 0.2) is 48.7 Å². The fourth-order valence-electron chi connectivity index (χ4n) is 4.56. The Balaban J connectivity index is 1.54. The average molecular weight is 444 g/mol. The third-order valence-corrected chi connectivity index (χ3v) is 8.35. The molecule has 2 saturated carbocycles. The smallest absolute Gasteiger partial charge is 0.238 e. The maximum absolute atomic E-state index is 13.5. The van der Waals surface area contributed by atoms with Gasteiger partial charge in [-0.05, 0) is 43.4 Å². The van der Waals surface area contributed by atoms with Gasteiger partial charge in [-0.1, -0.05) is 49.6 Å². The van der Waals surface area contributed by atoms with E-state index < -0.39 is 10.0 Å². The zero-order valence-corrected chi connectivity index (χ0v) is 19.1. The molecule has 1 aromatic heterocycles. The second-order valence-electron chi connectivity index (χ2n) is 8.94. The molecule has 1 heterocycles. The van der Waals surface area contributed by atoms with E-state index in [2.05, 4.69) is 0 Å². The lowest BCUT2D eigenvalue weighted by molar-refractivity contribution is -0.133. The van der Waals surface area contributed by atoms with Crippen molar-refractivity contribution < 1.29 is 13.2 Å². The highest BCUT2D eigenvalue weighted by molar-refractivity contribution is 7.88. The molecule has 0 spiro atoms. The van der Waals surface area contributed by atoms with Crippen LogP contribution in [0.1, 0.15) is 56.2 Å². The summed E-state index contributed by atoms with van der Waals surface area (Å²) in [5.74, 6) is -0.135. The number of amides is 1. The molecule has 31 heavy (non-hydrogen) atoms. The largest absolute Gasteiger partial charge is 0.353 e. The monoisotopic (exact) mass is 443 g/mol. The second kappa shape index (κ2) is 9.57. The van der Waals surface area contributed by atoms with Gasteiger partial charge < -0.3 is 9.47 Å². The van der Waals surface area contributed by atoms with E-state index in [9.17, 15) is 13.2 Å². The fourth-order valence-corrected chi connectivity index (χ4v) is 6.31. The van der Waals surface area contributed by atoms with Crippen molar-refractivity contribution in [1.82, 2.24) is 13.8 Å². The molecule has 1 amide bonds. The van der Waals surface area contributed by atoms with Crippen LogP contribution < -0.4 is 0 Å². The van der Waals surface area contributed by atoms with E-state index in [0.717, 1.165) is 56.2 Å². The molecular formula is C24H33N3O3S. The van der Waals surface area contributed by atoms with Gasteiger partial charge in [0.25, 0.3) is 0 Å². The first-order chi connectivity index (χ1) is 14.9. The molecular weight excluding hydrogens is 410 g/mol. The molecule has 0 saturated heterocycles. The number of aryl methyl sites for hydroxylation is 1. The minimum Gasteiger partial charge on any atom is -0.353 e. The van der Waals surface area contributed by atoms with Gasteiger partial charge >= 0.3 is 0 Å². The summed E-state index contributed by atoms with van der Waals surface area (Å²) in [5.41, 5.74) is 1.83. The molecule has 2 aromatic rings. The van der Waals surface area contributed by atoms with Crippen LogP contribution in [0.2, 0.25) is 0 Å². The molecule has 0 radical (unpaired) electrons. The molecule has 0 aliphatic heterocycles. The van der Waals surface area contributed by atoms with E-state index in [1.54, 1.807) is 0 Å². The Hall–Kier alpha value is -2.12. The van der Waals surface area contributed by atoms with Crippen LogP contribution in [0.25, 0.3) is 0 Å². The summed E-state index contributed by atoms with van der Waals surface area (Å²) < 4.78 is 30.5. The van der Waals surface area contributed by atoms with Gasteiger partial charge in [-0.15, -0.1) is 0 Å². The Bertz CT molecular complexity index is 977. The summed E-state index contributed by atoms with van der Waals surface area (Å²) in [6, 6.07) is 13.4. The lowest BCUT2D eigenvalue weighted by Gasteiger charge is -2.34. The van der Waals surface area contributed by atoms with Crippen molar-refractivity contribution >= 4 is 15.9 Å². The van der Waals surface area contributed by atoms with Crippen molar-refractivity contribution in [3.8, 4) is 0 Å². The first kappa shape index (κ1) is 22.1. The molecule has 1 aromatic carbocycles. The number of sulfonamides is 1. The van der Waals surface area contributed by atoms with Crippen LogP contribution in [-0.4, -0.2) is 46.7 Å². The SMILES string of the molecule is Cn1cccc1CN(C(=O)CN(C1CCCCC1)S(=O)(=O)Cc1ccccc1)C1CC1. The highest BCUT2D eigenvalue weighted by Crippen LogP contribution is 2.30. The van der Waals surface area contributed by atoms with E-state index in [0.29, 0.717) is 6.54 Å². The van der Waals surface area contributed by atoms with Crippen molar-refractivity contribution in [3.05, 3.63) is 59.9 Å². The number of aromatic nitrogens is 1. The summed E-state index contributed by atoms with van der Waals surface area (Å²) in [7, 11) is -1.62. The lowest BCUT2D eigenvalue weighted by Crippen LogP contribution is -2.48. The zero-order valence-electron chi connectivity index (χ0n) is 18.3. The highest BCUT2D eigenvalue weighted by atomic mass is 32.2. The summed E-state index contributed by atoms with van der Waals surface area (Å²) in [6.45, 7) is 0.477. The highest BCUT2D eigenvalue weighted by Gasteiger charge is 2.38. The number of hydrogen-bond donors (Lipinski definition) is 0. The van der Waals surface area contributed by atoms with Gasteiger partial charge in [0.05, 0.1) is 18.8 Å². The number of hydrogen-bond acceptors (Lipinski definition) is 3. The molecule has 2 fully saturated rings. The van der Waals surface area contributed by atoms with Crippen molar-refractivity contribution in [1.29, 1.82) is 0 Å². The first-order valence-electron chi connectivity index (χ1n) is 11.4. The molecule has 4 rings (SSSR count). The fraction of sp³-hybridized carbons (Fsp3) is 0.542. The standard InChI is InChI=1S/C24H33N3O3S/c1-25-16-8-13-23(25)17-26(21-14-15-21)24(28)18-27(22-11-6-3-7-12-22)31(29,30)19-20-9-4-2-5-10-20/h2,4-5,8-10,13,16,21-22H,3,6-7,11-12,14-15,17-19H2,1H3. The summed E-state index contributed by atoms with van der Waals surface area (Å²) >= 11 is 0. The number of rotatable bonds is 9. The van der Waals surface area contributed by atoms with Gasteiger partial charge in [-0.3, -0.25) is 4.79 Å². The normalized spacial score (nSPS) is 17.7. The van der Waals surface area contributed by atoms with Gasteiger partial charge in [0.2, 0.25) is 15.9 Å². The summed E-state index contributed by atoms with van der Waals surface area (Å²) in [6.07, 6.45) is 8.82. The number of carbonyl (C=O) groups is 1. The van der Waals surface area contributed by atoms with Crippen LogP contribution in [0.4, 0.5) is 0 Å². The minimum absolute atomic E-state index is 0.0548. The molecule has 6 nitrogen and oxygen atoms in total. The number of carbonyl (C=O) groups excluding carboxylic acids is 1. The van der Waals surface area contributed by atoms with Gasteiger partial charge in [-0.2, -0.15) is 4.31 Å². The molecule has 2 aliphatic carbocycles. The minimum atomic E-state index is -3.60. The second-order valence-corrected chi connectivity index (χ2v) is 10.9. The lowest BCUT2D eigenvalue weighted by atomic mass is 9.95. The quantitative estimate of drug-likeness (QED) is 0.594. The third-order valence-electron chi connectivity index (χ3n) is 6.51. The van der Waals surface area contributed by atoms with E-state index in [1.165, 1.54) is 4.31 Å². The Morgan fingerprint density at radius 1 is 0.968 bits per heavy atom. The van der Waals surface area contributed by atoms with Crippen molar-refractivity contribution in [3.63, 3.8) is 0 Å². The van der Waals surface area contributed by atoms with E-state index >= 15 is 0 Å². The topological polar surface area (TPSA) is 62.6 Å². The van der Waals surface area contributed by atoms with Crippen molar-refractivity contribution in [2.75, 3.05) is 6.54 Å². The number of benzene rings is 1. The molecule has 2 aliphatic rings. The maximum atomic E-state index is 13.5. The van der Waals surface area contributed by atoms with Gasteiger partial charge in [-0.25, -0.2) is 8.42 Å². The van der Waals surface area contributed by atoms with Crippen LogP contribution in [0.5, 0.6) is 0 Å². The van der Waals surface area contributed by atoms with Crippen molar-refractivity contribution in [2.45, 2.75) is 69.3 Å². The van der Waals surface area contributed by atoms with Crippen molar-refractivity contribution in [2.24, 2.45) is 7.05 Å². The molecule has 168 valence electrons. The van der Waals surface area contributed by atoms with Gasteiger partial charge in [0.1, 0.15) is 0 Å². The summed E-state index contributed by atoms with van der Waals surface area (Å²) in [4.78, 5) is 15.3. The van der Waals surface area contributed by atoms with Crippen LogP contribution >= 0.6 is 0 Å². The van der Waals surface area contributed by atoms with Gasteiger partial charge in [0, 0.05) is 31.0 Å². The Morgan fingerprint density at radius 3 is 2.29 bits per heavy atom. The first-order valence-corrected chi connectivity index (χ1v) is 13.0. The van der Waals surface area contributed by atoms with Crippen LogP contribution in [0, 0.1) is 0 Å². The molecule has 7 heteroatoms. The van der Waals surface area contributed by atoms with Crippen LogP contribution in [-0.2, 0) is 34.2 Å². The maximum Gasteiger partial charge on any atom is 0.238 e. The predicted molar refractivity (Wildman–Crippen MR) is 122 cm³/mol. The zero-order chi connectivity index (χ0) is 21.8. The molecule has 0 unspecified atom stereocenters. The molecule has 0 atom stereocenters. The molecule has 0 N–H and O–H groups in total. The Morgan fingerprint density at radius 2 is 1.68 bits per heavy atom. The van der Waals surface area contributed by atoms with E-state index in [1.807, 2.05) is 65.2 Å². The van der Waals surface area contributed by atoms with Gasteiger partial charge in [0.15, 0.2) is 0 Å². The van der Waals surface area contributed by atoms with E-state index in [4.69, 9.17) is 0 Å². The third kappa shape index (κ3) is 5.57. The average Bonchev–Trinajstić information content (AvgIpc) is 3.52. The number of nitrogens with zero attached hydrogens (tertiary/aromatic N) is 3. The van der Waals surface area contributed by atoms with Crippen LogP contribution in [0.3, 0.4) is 0 Å². The predicted octanol–water partition coefficient (Wildman–Crippen LogP) is 3.68. The summed E-state index contributed by atoms with van der Waals surface area (Å²) in [5, 5.41) is 0. The molecule has 0 bridgehead atoms. The van der Waals surface area contributed by atoms with E-state index in [-0.39, 0.29) is 30.3 Å².